The Balaban J connectivity index is 1.03. The van der Waals surface area contributed by atoms with E-state index in [2.05, 4.69) is 24.3 Å². The lowest BCUT2D eigenvalue weighted by molar-refractivity contribution is 0.119. The molecule has 2 aromatic heterocycles. The maximum Gasteiger partial charge on any atom is 0.230 e. The minimum absolute atomic E-state index is 0.0680. The predicted molar refractivity (Wildman–Crippen MR) is 240 cm³/mol. The highest BCUT2D eigenvalue weighted by molar-refractivity contribution is 5.74. The normalized spacial score (nSPS) is 11.1. The molecule has 2 N–H and O–H groups in total. The van der Waals surface area contributed by atoms with E-state index in [0.717, 1.165) is 66.8 Å². The fraction of sp³-hybridized carbons (Fsp3) is 0.176. The van der Waals surface area contributed by atoms with Crippen LogP contribution < -0.4 is 9.47 Å². The molecule has 0 radical (unpaired) electrons. The molecule has 10 nitrogen and oxygen atoms in total. The third-order valence-electron chi connectivity index (χ3n) is 10.6. The van der Waals surface area contributed by atoms with Crippen molar-refractivity contribution in [2.24, 2.45) is 0 Å². The van der Waals surface area contributed by atoms with Gasteiger partial charge in [-0.3, -0.25) is 0 Å². The highest BCUT2D eigenvalue weighted by Crippen LogP contribution is 2.36. The number of ether oxygens (including phenoxy) is 2. The highest BCUT2D eigenvalue weighted by Gasteiger charge is 2.20. The SMILES string of the molecule is Cc1ccc(-c2nc(-c3ccc(C)cc3C)nc(-c3ccc(OCOc4ccc(-c5nc(-c6ccc(C)cc6C)nc(-c6ccc(C)cc6C)n5)c(O)c4)cc3O)n2)c(C)c1. The number of hydrogen-bond donors (Lipinski definition) is 2. The van der Waals surface area contributed by atoms with Crippen LogP contribution >= 0.6 is 0 Å². The molecular formula is C51H46N6O4. The smallest absolute Gasteiger partial charge is 0.230 e. The number of phenolic OH excluding ortho intramolecular Hbond substituents is 2. The maximum atomic E-state index is 11.3. The molecule has 0 fully saturated rings. The maximum absolute atomic E-state index is 11.3. The first kappa shape index (κ1) is 40.3. The van der Waals surface area contributed by atoms with Crippen molar-refractivity contribution >= 4 is 0 Å². The topological polar surface area (TPSA) is 136 Å². The molecule has 0 spiro atoms. The Kier molecular flexibility index (Phi) is 11.0. The van der Waals surface area contributed by atoms with E-state index in [4.69, 9.17) is 39.4 Å². The van der Waals surface area contributed by atoms with Crippen molar-refractivity contribution in [3.05, 3.63) is 154 Å². The van der Waals surface area contributed by atoms with E-state index < -0.39 is 0 Å². The Hall–Kier alpha value is -7.46. The molecule has 2 heterocycles. The third-order valence-corrected chi connectivity index (χ3v) is 10.6. The number of benzene rings is 6. The van der Waals surface area contributed by atoms with Crippen LogP contribution in [0.15, 0.2) is 109 Å². The number of aromatic hydroxyl groups is 2. The second kappa shape index (κ2) is 16.7. The van der Waals surface area contributed by atoms with E-state index in [0.29, 0.717) is 57.6 Å². The van der Waals surface area contributed by atoms with Crippen LogP contribution in [0, 0.1) is 55.4 Å². The van der Waals surface area contributed by atoms with Crippen molar-refractivity contribution < 1.29 is 19.7 Å². The molecule has 8 rings (SSSR count). The lowest BCUT2D eigenvalue weighted by Gasteiger charge is -2.14. The van der Waals surface area contributed by atoms with Crippen molar-refractivity contribution in [3.63, 3.8) is 0 Å². The van der Waals surface area contributed by atoms with Gasteiger partial charge in [-0.1, -0.05) is 95.1 Å². The van der Waals surface area contributed by atoms with Gasteiger partial charge in [0.05, 0.1) is 11.1 Å². The summed E-state index contributed by atoms with van der Waals surface area (Å²) in [6, 6.07) is 34.4. The van der Waals surface area contributed by atoms with Crippen LogP contribution in [0.1, 0.15) is 44.5 Å². The van der Waals surface area contributed by atoms with Crippen LogP contribution in [0.2, 0.25) is 0 Å². The van der Waals surface area contributed by atoms with Crippen molar-refractivity contribution in [2.75, 3.05) is 6.79 Å². The van der Waals surface area contributed by atoms with E-state index in [1.54, 1.807) is 24.3 Å². The molecule has 0 saturated carbocycles. The second-order valence-corrected chi connectivity index (χ2v) is 15.7. The van der Waals surface area contributed by atoms with Crippen molar-refractivity contribution in [2.45, 2.75) is 55.4 Å². The zero-order chi connectivity index (χ0) is 42.9. The van der Waals surface area contributed by atoms with Gasteiger partial charge in [-0.15, -0.1) is 0 Å². The van der Waals surface area contributed by atoms with Gasteiger partial charge in [-0.05, 0) is 102 Å². The molecule has 304 valence electrons. The summed E-state index contributed by atoms with van der Waals surface area (Å²) in [5.74, 6) is 3.30. The van der Waals surface area contributed by atoms with Crippen LogP contribution in [0.3, 0.4) is 0 Å². The molecule has 6 aromatic carbocycles. The molecule has 0 bridgehead atoms. The van der Waals surface area contributed by atoms with E-state index in [9.17, 15) is 10.2 Å². The summed E-state index contributed by atoms with van der Waals surface area (Å²) >= 11 is 0. The lowest BCUT2D eigenvalue weighted by atomic mass is 10.0. The molecule has 0 saturated heterocycles. The first-order valence-electron chi connectivity index (χ1n) is 20.0. The number of rotatable bonds is 10. The van der Waals surface area contributed by atoms with Gasteiger partial charge >= 0.3 is 0 Å². The summed E-state index contributed by atoms with van der Waals surface area (Å²) in [6.45, 7) is 16.1. The van der Waals surface area contributed by atoms with Crippen LogP contribution in [0.5, 0.6) is 23.0 Å². The summed E-state index contributed by atoms with van der Waals surface area (Å²) in [7, 11) is 0. The van der Waals surface area contributed by atoms with Gasteiger partial charge in [0.25, 0.3) is 0 Å². The standard InChI is InChI=1S/C51H46N6O4/c1-28-9-15-38(32(5)21-28)46-52-47(39-16-10-29(2)22-33(39)6)55-50(54-46)42-19-13-36(25-44(42)58)60-27-61-37-14-20-43(45(59)26-37)51-56-48(40-17-11-30(3)23-34(40)7)53-49(57-51)41-18-12-31(4)24-35(41)8/h9-26,58-59H,27H2,1-8H3. The number of hydrogen-bond acceptors (Lipinski definition) is 10. The van der Waals surface area contributed by atoms with Crippen molar-refractivity contribution in [1.82, 2.24) is 29.9 Å². The minimum atomic E-state index is -0.198. The Morgan fingerprint density at radius 2 is 0.574 bits per heavy atom. The van der Waals surface area contributed by atoms with Gasteiger partial charge in [0.2, 0.25) is 6.79 Å². The van der Waals surface area contributed by atoms with Crippen LogP contribution in [-0.4, -0.2) is 46.9 Å². The summed E-state index contributed by atoms with van der Waals surface area (Å²) < 4.78 is 11.8. The average Bonchev–Trinajstić information content (AvgIpc) is 3.20. The van der Waals surface area contributed by atoms with Crippen LogP contribution in [-0.2, 0) is 0 Å². The minimum Gasteiger partial charge on any atom is -0.507 e. The first-order valence-corrected chi connectivity index (χ1v) is 20.0. The molecule has 0 aliphatic carbocycles. The van der Waals surface area contributed by atoms with Crippen LogP contribution in [0.25, 0.3) is 68.3 Å². The Bertz CT molecular complexity index is 2640. The molecule has 0 amide bonds. The van der Waals surface area contributed by atoms with Crippen LogP contribution in [0.4, 0.5) is 0 Å². The van der Waals surface area contributed by atoms with Crippen molar-refractivity contribution in [1.29, 1.82) is 0 Å². The zero-order valence-electron chi connectivity index (χ0n) is 35.5. The van der Waals surface area contributed by atoms with Gasteiger partial charge in [0.15, 0.2) is 34.9 Å². The number of aromatic nitrogens is 6. The van der Waals surface area contributed by atoms with Gasteiger partial charge in [-0.2, -0.15) is 0 Å². The molecule has 0 unspecified atom stereocenters. The fourth-order valence-corrected chi connectivity index (χ4v) is 7.48. The number of nitrogens with zero attached hydrogens (tertiary/aromatic N) is 6. The number of aryl methyl sites for hydroxylation is 8. The third kappa shape index (κ3) is 8.65. The monoisotopic (exact) mass is 806 g/mol. The predicted octanol–water partition coefficient (Wildman–Crippen LogP) is 11.4. The van der Waals surface area contributed by atoms with Gasteiger partial charge in [0, 0.05) is 34.4 Å². The molecule has 0 aliphatic rings. The molecule has 0 atom stereocenters. The summed E-state index contributed by atoms with van der Waals surface area (Å²) in [5.41, 5.74) is 13.1. The van der Waals surface area contributed by atoms with E-state index in [-0.39, 0.29) is 18.3 Å². The first-order chi connectivity index (χ1) is 29.3. The molecular weight excluding hydrogens is 761 g/mol. The van der Waals surface area contributed by atoms with Crippen molar-refractivity contribution in [3.8, 4) is 91.3 Å². The quantitative estimate of drug-likeness (QED) is 0.129. The Morgan fingerprint density at radius 1 is 0.328 bits per heavy atom. The fourth-order valence-electron chi connectivity index (χ4n) is 7.48. The average molecular weight is 807 g/mol. The van der Waals surface area contributed by atoms with Gasteiger partial charge < -0.3 is 19.7 Å². The van der Waals surface area contributed by atoms with Gasteiger partial charge in [0.1, 0.15) is 23.0 Å². The van der Waals surface area contributed by atoms with E-state index in [1.807, 2.05) is 104 Å². The lowest BCUT2D eigenvalue weighted by Crippen LogP contribution is -2.06. The summed E-state index contributed by atoms with van der Waals surface area (Å²) in [4.78, 5) is 29.1. The highest BCUT2D eigenvalue weighted by atomic mass is 16.7. The number of phenols is 2. The van der Waals surface area contributed by atoms with Gasteiger partial charge in [-0.25, -0.2) is 29.9 Å². The molecule has 8 aromatic rings. The molecule has 0 aliphatic heterocycles. The molecule has 10 heteroatoms. The Morgan fingerprint density at radius 3 is 0.820 bits per heavy atom. The summed E-state index contributed by atoms with van der Waals surface area (Å²) in [5, 5.41) is 22.6. The second-order valence-electron chi connectivity index (χ2n) is 15.7. The van der Waals surface area contributed by atoms with E-state index in [1.165, 1.54) is 12.1 Å². The summed E-state index contributed by atoms with van der Waals surface area (Å²) in [6.07, 6.45) is 0. The largest absolute Gasteiger partial charge is 0.507 e. The zero-order valence-corrected chi connectivity index (χ0v) is 35.5. The van der Waals surface area contributed by atoms with E-state index >= 15 is 0 Å². The molecule has 61 heavy (non-hydrogen) atoms. The Labute approximate surface area is 355 Å².